The summed E-state index contributed by atoms with van der Waals surface area (Å²) in [4.78, 5) is 12.1. The van der Waals surface area contributed by atoms with Gasteiger partial charge in [0.15, 0.2) is 0 Å². The molecule has 2 heterocycles. The molecule has 0 aliphatic rings. The van der Waals surface area contributed by atoms with Crippen molar-refractivity contribution in [1.29, 1.82) is 0 Å². The highest BCUT2D eigenvalue weighted by Crippen LogP contribution is 2.21. The van der Waals surface area contributed by atoms with Crippen molar-refractivity contribution >= 4 is 22.9 Å². The van der Waals surface area contributed by atoms with Gasteiger partial charge in [-0.15, -0.1) is 10.2 Å². The van der Waals surface area contributed by atoms with Gasteiger partial charge < -0.3 is 9.73 Å². The minimum Gasteiger partial charge on any atom is -0.420 e. The zero-order valence-electron chi connectivity index (χ0n) is 12.1. The highest BCUT2D eigenvalue weighted by atomic mass is 32.1. The van der Waals surface area contributed by atoms with Crippen molar-refractivity contribution in [3.8, 4) is 11.5 Å². The number of carbonyl (C=O) groups excluding carboxylic acids is 1. The molecule has 0 aliphatic heterocycles. The molecule has 0 saturated heterocycles. The van der Waals surface area contributed by atoms with Gasteiger partial charge in [0.1, 0.15) is 6.42 Å². The standard InChI is InChI=1S/C16H15N3O2S/c1-2-11-5-3-4-6-13(11)17-14(20)9-15-18-19-16(21-15)12-7-8-22-10-12/h3-8,10H,2,9H2,1H3,(H,17,20). The molecule has 6 heteroatoms. The second-order valence-electron chi connectivity index (χ2n) is 4.75. The van der Waals surface area contributed by atoms with E-state index in [0.717, 1.165) is 23.2 Å². The molecule has 0 aliphatic carbocycles. The number of rotatable bonds is 5. The number of hydrogen-bond donors (Lipinski definition) is 1. The van der Waals surface area contributed by atoms with E-state index in [0.29, 0.717) is 11.8 Å². The molecular formula is C16H15N3O2S. The quantitative estimate of drug-likeness (QED) is 0.782. The van der Waals surface area contributed by atoms with Gasteiger partial charge >= 0.3 is 0 Å². The lowest BCUT2D eigenvalue weighted by Gasteiger charge is -2.08. The SMILES string of the molecule is CCc1ccccc1NC(=O)Cc1nnc(-c2ccsc2)o1. The van der Waals surface area contributed by atoms with Gasteiger partial charge in [-0.1, -0.05) is 25.1 Å². The van der Waals surface area contributed by atoms with E-state index in [2.05, 4.69) is 22.4 Å². The molecule has 112 valence electrons. The molecule has 22 heavy (non-hydrogen) atoms. The lowest BCUT2D eigenvalue weighted by Crippen LogP contribution is -2.15. The molecule has 3 aromatic rings. The van der Waals surface area contributed by atoms with Crippen molar-refractivity contribution in [2.24, 2.45) is 0 Å². The number of para-hydroxylation sites is 1. The van der Waals surface area contributed by atoms with Crippen LogP contribution < -0.4 is 5.32 Å². The van der Waals surface area contributed by atoms with Gasteiger partial charge in [-0.05, 0) is 29.5 Å². The van der Waals surface area contributed by atoms with Crippen molar-refractivity contribution in [2.75, 3.05) is 5.32 Å². The summed E-state index contributed by atoms with van der Waals surface area (Å²) in [7, 11) is 0. The summed E-state index contributed by atoms with van der Waals surface area (Å²) in [6, 6.07) is 9.65. The molecular weight excluding hydrogens is 298 g/mol. The number of carbonyl (C=O) groups is 1. The Hall–Kier alpha value is -2.47. The van der Waals surface area contributed by atoms with Crippen LogP contribution in [0.25, 0.3) is 11.5 Å². The highest BCUT2D eigenvalue weighted by Gasteiger charge is 2.13. The van der Waals surface area contributed by atoms with Gasteiger partial charge in [-0.25, -0.2) is 0 Å². The van der Waals surface area contributed by atoms with Gasteiger partial charge in [0.05, 0.1) is 0 Å². The third-order valence-electron chi connectivity index (χ3n) is 3.22. The summed E-state index contributed by atoms with van der Waals surface area (Å²) in [6.45, 7) is 2.05. The Balaban J connectivity index is 1.67. The van der Waals surface area contributed by atoms with Crippen LogP contribution in [0.5, 0.6) is 0 Å². The van der Waals surface area contributed by atoms with Gasteiger partial charge in [0.25, 0.3) is 0 Å². The van der Waals surface area contributed by atoms with E-state index >= 15 is 0 Å². The first-order valence-electron chi connectivity index (χ1n) is 6.99. The number of aromatic nitrogens is 2. The topological polar surface area (TPSA) is 68.0 Å². The van der Waals surface area contributed by atoms with Crippen LogP contribution >= 0.6 is 11.3 Å². The fourth-order valence-corrected chi connectivity index (χ4v) is 2.74. The van der Waals surface area contributed by atoms with Gasteiger partial charge in [-0.3, -0.25) is 4.79 Å². The Morgan fingerprint density at radius 2 is 2.14 bits per heavy atom. The van der Waals surface area contributed by atoms with Crippen molar-refractivity contribution in [1.82, 2.24) is 10.2 Å². The van der Waals surface area contributed by atoms with E-state index in [-0.39, 0.29) is 12.3 Å². The molecule has 5 nitrogen and oxygen atoms in total. The van der Waals surface area contributed by atoms with E-state index in [9.17, 15) is 4.79 Å². The predicted octanol–water partition coefficient (Wildman–Crippen LogP) is 3.54. The first-order valence-corrected chi connectivity index (χ1v) is 7.93. The highest BCUT2D eigenvalue weighted by molar-refractivity contribution is 7.08. The van der Waals surface area contributed by atoms with E-state index in [1.54, 1.807) is 11.3 Å². The monoisotopic (exact) mass is 313 g/mol. The van der Waals surface area contributed by atoms with Crippen LogP contribution in [-0.2, 0) is 17.6 Å². The van der Waals surface area contributed by atoms with Crippen LogP contribution in [0.15, 0.2) is 45.5 Å². The number of nitrogens with one attached hydrogen (secondary N) is 1. The predicted molar refractivity (Wildman–Crippen MR) is 85.8 cm³/mol. The molecule has 0 fully saturated rings. The Morgan fingerprint density at radius 3 is 2.91 bits per heavy atom. The second-order valence-corrected chi connectivity index (χ2v) is 5.53. The summed E-state index contributed by atoms with van der Waals surface area (Å²) in [5.41, 5.74) is 2.80. The normalized spacial score (nSPS) is 10.6. The zero-order chi connectivity index (χ0) is 15.4. The fourth-order valence-electron chi connectivity index (χ4n) is 2.11. The molecule has 1 N–H and O–H groups in total. The summed E-state index contributed by atoms with van der Waals surface area (Å²) < 4.78 is 5.52. The first kappa shape index (κ1) is 14.5. The lowest BCUT2D eigenvalue weighted by atomic mass is 10.1. The molecule has 3 rings (SSSR count). The second kappa shape index (κ2) is 6.53. The van der Waals surface area contributed by atoms with Crippen LogP contribution in [0.2, 0.25) is 0 Å². The zero-order valence-corrected chi connectivity index (χ0v) is 12.9. The molecule has 0 atom stereocenters. The van der Waals surface area contributed by atoms with Gasteiger partial charge in [-0.2, -0.15) is 11.3 Å². The number of thiophene rings is 1. The number of aryl methyl sites for hydroxylation is 1. The Morgan fingerprint density at radius 1 is 1.27 bits per heavy atom. The smallest absolute Gasteiger partial charge is 0.248 e. The third kappa shape index (κ3) is 3.23. The first-order chi connectivity index (χ1) is 10.8. The van der Waals surface area contributed by atoms with Crippen LogP contribution in [0.3, 0.4) is 0 Å². The largest absolute Gasteiger partial charge is 0.420 e. The van der Waals surface area contributed by atoms with Gasteiger partial charge in [0.2, 0.25) is 17.7 Å². The van der Waals surface area contributed by atoms with E-state index < -0.39 is 0 Å². The number of benzene rings is 1. The molecule has 2 aromatic heterocycles. The summed E-state index contributed by atoms with van der Waals surface area (Å²) in [6.07, 6.45) is 0.925. The maximum atomic E-state index is 12.1. The van der Waals surface area contributed by atoms with Crippen molar-refractivity contribution in [3.63, 3.8) is 0 Å². The Kier molecular flexibility index (Phi) is 4.29. The van der Waals surface area contributed by atoms with E-state index in [1.165, 1.54) is 0 Å². The number of hydrogen-bond acceptors (Lipinski definition) is 5. The maximum Gasteiger partial charge on any atom is 0.248 e. The minimum atomic E-state index is -0.165. The molecule has 0 saturated carbocycles. The maximum absolute atomic E-state index is 12.1. The van der Waals surface area contributed by atoms with Crippen LogP contribution in [0.4, 0.5) is 5.69 Å². The number of anilines is 1. The Labute approximate surface area is 132 Å². The number of nitrogens with zero attached hydrogens (tertiary/aromatic N) is 2. The Bertz CT molecular complexity index is 765. The molecule has 1 amide bonds. The summed E-state index contributed by atoms with van der Waals surface area (Å²) in [5, 5.41) is 14.6. The van der Waals surface area contributed by atoms with Crippen molar-refractivity contribution in [3.05, 3.63) is 52.5 Å². The van der Waals surface area contributed by atoms with Gasteiger partial charge in [0, 0.05) is 16.6 Å². The third-order valence-corrected chi connectivity index (χ3v) is 3.90. The lowest BCUT2D eigenvalue weighted by molar-refractivity contribution is -0.115. The molecule has 0 unspecified atom stereocenters. The fraction of sp³-hybridized carbons (Fsp3) is 0.188. The van der Waals surface area contributed by atoms with Crippen molar-refractivity contribution < 1.29 is 9.21 Å². The average Bonchev–Trinajstić information content (AvgIpc) is 3.18. The van der Waals surface area contributed by atoms with Crippen LogP contribution in [0, 0.1) is 0 Å². The molecule has 0 bridgehead atoms. The molecule has 0 spiro atoms. The van der Waals surface area contributed by atoms with Crippen LogP contribution in [-0.4, -0.2) is 16.1 Å². The number of amides is 1. The van der Waals surface area contributed by atoms with Crippen molar-refractivity contribution in [2.45, 2.75) is 19.8 Å². The van der Waals surface area contributed by atoms with Crippen LogP contribution in [0.1, 0.15) is 18.4 Å². The molecule has 1 aromatic carbocycles. The van der Waals surface area contributed by atoms with E-state index in [1.807, 2.05) is 41.1 Å². The summed E-state index contributed by atoms with van der Waals surface area (Å²) in [5.74, 6) is 0.590. The minimum absolute atomic E-state index is 0.0647. The average molecular weight is 313 g/mol. The van der Waals surface area contributed by atoms with E-state index in [4.69, 9.17) is 4.42 Å². The molecule has 0 radical (unpaired) electrons. The summed E-state index contributed by atoms with van der Waals surface area (Å²) >= 11 is 1.56.